The van der Waals surface area contributed by atoms with Crippen molar-refractivity contribution < 1.29 is 14.3 Å². The fourth-order valence-electron chi connectivity index (χ4n) is 1.39. The van der Waals surface area contributed by atoms with Crippen LogP contribution in [0.2, 0.25) is 0 Å². The van der Waals surface area contributed by atoms with Gasteiger partial charge in [0.1, 0.15) is 0 Å². The predicted octanol–water partition coefficient (Wildman–Crippen LogP) is 1.57. The van der Waals surface area contributed by atoms with Crippen molar-refractivity contribution in [1.82, 2.24) is 10.3 Å². The molecule has 0 spiro atoms. The maximum absolute atomic E-state index is 11.4. The Balaban J connectivity index is 2.42. The fourth-order valence-corrected chi connectivity index (χ4v) is 2.22. The van der Waals surface area contributed by atoms with E-state index in [1.54, 1.807) is 0 Å². The maximum Gasteiger partial charge on any atom is 0.357 e. The first-order valence-electron chi connectivity index (χ1n) is 6.14. The lowest BCUT2D eigenvalue weighted by Crippen LogP contribution is -2.25. The van der Waals surface area contributed by atoms with E-state index in [-0.39, 0.29) is 5.91 Å². The topological polar surface area (TPSA) is 80.3 Å². The van der Waals surface area contributed by atoms with Gasteiger partial charge in [-0.15, -0.1) is 11.3 Å². The van der Waals surface area contributed by atoms with Gasteiger partial charge in [-0.1, -0.05) is 6.92 Å². The van der Waals surface area contributed by atoms with Crippen LogP contribution in [0, 0.1) is 6.92 Å². The number of amides is 1. The minimum Gasteiger partial charge on any atom is -0.464 e. The van der Waals surface area contributed by atoms with Crippen LogP contribution in [0.1, 0.15) is 35.1 Å². The Morgan fingerprint density at radius 2 is 2.11 bits per heavy atom. The van der Waals surface area contributed by atoms with Crippen LogP contribution in [-0.4, -0.2) is 37.1 Å². The average molecular weight is 285 g/mol. The lowest BCUT2D eigenvalue weighted by Gasteiger charge is -2.03. The van der Waals surface area contributed by atoms with Crippen molar-refractivity contribution in [2.75, 3.05) is 25.5 Å². The van der Waals surface area contributed by atoms with E-state index in [0.717, 1.165) is 11.3 Å². The zero-order valence-electron chi connectivity index (χ0n) is 11.4. The van der Waals surface area contributed by atoms with Gasteiger partial charge in [0.05, 0.1) is 7.11 Å². The van der Waals surface area contributed by atoms with E-state index >= 15 is 0 Å². The van der Waals surface area contributed by atoms with Gasteiger partial charge in [0.15, 0.2) is 10.8 Å². The lowest BCUT2D eigenvalue weighted by molar-refractivity contribution is -0.120. The van der Waals surface area contributed by atoms with E-state index in [1.165, 1.54) is 18.4 Å². The Hall–Kier alpha value is -1.63. The van der Waals surface area contributed by atoms with E-state index < -0.39 is 5.97 Å². The van der Waals surface area contributed by atoms with E-state index in [4.69, 9.17) is 0 Å². The Bertz CT molecular complexity index is 445. The Morgan fingerprint density at radius 3 is 2.74 bits per heavy atom. The molecule has 1 aromatic rings. The van der Waals surface area contributed by atoms with Crippen molar-refractivity contribution in [3.05, 3.63) is 10.6 Å². The highest BCUT2D eigenvalue weighted by Crippen LogP contribution is 2.22. The largest absolute Gasteiger partial charge is 0.464 e. The first-order valence-corrected chi connectivity index (χ1v) is 6.96. The van der Waals surface area contributed by atoms with Gasteiger partial charge in [-0.3, -0.25) is 4.79 Å². The molecule has 2 N–H and O–H groups in total. The minimum atomic E-state index is -0.442. The highest BCUT2D eigenvalue weighted by Gasteiger charge is 2.15. The number of ether oxygens (including phenoxy) is 1. The third kappa shape index (κ3) is 4.86. The molecule has 1 heterocycles. The fraction of sp³-hybridized carbons (Fsp3) is 0.583. The highest BCUT2D eigenvalue weighted by molar-refractivity contribution is 7.15. The summed E-state index contributed by atoms with van der Waals surface area (Å²) >= 11 is 1.37. The molecule has 0 radical (unpaired) electrons. The molecule has 7 heteroatoms. The average Bonchev–Trinajstić information content (AvgIpc) is 2.76. The predicted molar refractivity (Wildman–Crippen MR) is 74.6 cm³/mol. The number of hydrogen-bond acceptors (Lipinski definition) is 6. The summed E-state index contributed by atoms with van der Waals surface area (Å²) in [5, 5.41) is 6.45. The van der Waals surface area contributed by atoms with Gasteiger partial charge < -0.3 is 15.4 Å². The molecular weight excluding hydrogens is 266 g/mol. The Kier molecular flexibility index (Phi) is 6.27. The first kappa shape index (κ1) is 15.4. The second-order valence-electron chi connectivity index (χ2n) is 3.94. The molecule has 0 unspecified atom stereocenters. The number of aryl methyl sites for hydroxylation is 1. The summed E-state index contributed by atoms with van der Waals surface area (Å²) in [6.45, 7) is 5.00. The monoisotopic (exact) mass is 285 g/mol. The molecule has 0 atom stereocenters. The molecule has 0 aliphatic heterocycles. The molecular formula is C12H19N3O3S. The number of rotatable bonds is 7. The quantitative estimate of drug-likeness (QED) is 0.743. The van der Waals surface area contributed by atoms with Crippen LogP contribution in [0.5, 0.6) is 0 Å². The number of carbonyl (C=O) groups excluding carboxylic acids is 2. The molecule has 0 aliphatic rings. The number of carbonyl (C=O) groups is 2. The van der Waals surface area contributed by atoms with Gasteiger partial charge in [-0.05, 0) is 13.3 Å². The maximum atomic E-state index is 11.4. The van der Waals surface area contributed by atoms with Gasteiger partial charge in [0.25, 0.3) is 0 Å². The Labute approximate surface area is 116 Å². The van der Waals surface area contributed by atoms with E-state index in [1.807, 2.05) is 13.8 Å². The van der Waals surface area contributed by atoms with Crippen LogP contribution in [-0.2, 0) is 9.53 Å². The molecule has 0 saturated carbocycles. The highest BCUT2D eigenvalue weighted by atomic mass is 32.1. The molecule has 0 saturated heterocycles. The zero-order valence-corrected chi connectivity index (χ0v) is 12.2. The third-order valence-corrected chi connectivity index (χ3v) is 3.30. The standard InChI is InChI=1S/C12H19N3O3S/c1-4-6-13-9(16)5-7-14-12-15-10(8(2)19-12)11(17)18-3/h4-7H2,1-3H3,(H,13,16)(H,14,15). The van der Waals surface area contributed by atoms with Crippen molar-refractivity contribution in [3.63, 3.8) is 0 Å². The molecule has 1 rings (SSSR count). The molecule has 0 aliphatic carbocycles. The molecule has 0 aromatic carbocycles. The van der Waals surface area contributed by atoms with Crippen molar-refractivity contribution >= 4 is 28.3 Å². The van der Waals surface area contributed by atoms with E-state index in [2.05, 4.69) is 20.4 Å². The van der Waals surface area contributed by atoms with Gasteiger partial charge >= 0.3 is 5.97 Å². The van der Waals surface area contributed by atoms with Crippen LogP contribution in [0.15, 0.2) is 0 Å². The molecule has 19 heavy (non-hydrogen) atoms. The third-order valence-electron chi connectivity index (χ3n) is 2.38. The van der Waals surface area contributed by atoms with Crippen molar-refractivity contribution in [2.45, 2.75) is 26.7 Å². The second kappa shape index (κ2) is 7.73. The van der Waals surface area contributed by atoms with Gasteiger partial charge in [-0.2, -0.15) is 0 Å². The first-order chi connectivity index (χ1) is 9.08. The van der Waals surface area contributed by atoms with Crippen molar-refractivity contribution in [1.29, 1.82) is 0 Å². The SMILES string of the molecule is CCCNC(=O)CCNc1nc(C(=O)OC)c(C)s1. The minimum absolute atomic E-state index is 0.0100. The van der Waals surface area contributed by atoms with Crippen LogP contribution >= 0.6 is 11.3 Å². The number of esters is 1. The smallest absolute Gasteiger partial charge is 0.357 e. The van der Waals surface area contributed by atoms with Crippen molar-refractivity contribution in [2.24, 2.45) is 0 Å². The number of thiazole rings is 1. The summed E-state index contributed by atoms with van der Waals surface area (Å²) in [4.78, 5) is 27.7. The normalized spacial score (nSPS) is 10.1. The van der Waals surface area contributed by atoms with Crippen LogP contribution < -0.4 is 10.6 Å². The summed E-state index contributed by atoms with van der Waals surface area (Å²) in [6, 6.07) is 0. The van der Waals surface area contributed by atoms with E-state index in [9.17, 15) is 9.59 Å². The molecule has 1 aromatic heterocycles. The molecule has 1 amide bonds. The van der Waals surface area contributed by atoms with Crippen LogP contribution in [0.4, 0.5) is 5.13 Å². The molecule has 106 valence electrons. The molecule has 0 fully saturated rings. The Morgan fingerprint density at radius 1 is 1.37 bits per heavy atom. The number of aromatic nitrogens is 1. The molecule has 0 bridgehead atoms. The summed E-state index contributed by atoms with van der Waals surface area (Å²) in [7, 11) is 1.33. The summed E-state index contributed by atoms with van der Waals surface area (Å²) in [5.41, 5.74) is 0.324. The number of anilines is 1. The lowest BCUT2D eigenvalue weighted by atomic mass is 10.4. The second-order valence-corrected chi connectivity index (χ2v) is 5.15. The summed E-state index contributed by atoms with van der Waals surface area (Å²) in [6.07, 6.45) is 1.31. The van der Waals surface area contributed by atoms with Crippen LogP contribution in [0.25, 0.3) is 0 Å². The zero-order chi connectivity index (χ0) is 14.3. The molecule has 6 nitrogen and oxygen atoms in total. The van der Waals surface area contributed by atoms with Crippen molar-refractivity contribution in [3.8, 4) is 0 Å². The van der Waals surface area contributed by atoms with Gasteiger partial charge in [0.2, 0.25) is 5.91 Å². The van der Waals surface area contributed by atoms with Gasteiger partial charge in [0, 0.05) is 24.4 Å². The number of methoxy groups -OCH3 is 1. The summed E-state index contributed by atoms with van der Waals surface area (Å²) in [5.74, 6) is -0.432. The van der Waals surface area contributed by atoms with E-state index in [0.29, 0.717) is 30.3 Å². The summed E-state index contributed by atoms with van der Waals surface area (Å²) < 4.78 is 4.63. The number of nitrogens with one attached hydrogen (secondary N) is 2. The van der Waals surface area contributed by atoms with Gasteiger partial charge in [-0.25, -0.2) is 9.78 Å². The number of nitrogens with zero attached hydrogens (tertiary/aromatic N) is 1. The van der Waals surface area contributed by atoms with Crippen LogP contribution in [0.3, 0.4) is 0 Å². The number of hydrogen-bond donors (Lipinski definition) is 2.